The van der Waals surface area contributed by atoms with Crippen LogP contribution in [0.15, 0.2) is 27.3 Å². The van der Waals surface area contributed by atoms with Crippen molar-refractivity contribution in [1.82, 2.24) is 25.3 Å². The first-order valence-electron chi connectivity index (χ1n) is 6.52. The summed E-state index contributed by atoms with van der Waals surface area (Å²) in [5, 5.41) is 11.0. The van der Waals surface area contributed by atoms with Gasteiger partial charge >= 0.3 is 0 Å². The quantitative estimate of drug-likeness (QED) is 0.732. The van der Waals surface area contributed by atoms with E-state index in [1.807, 2.05) is 26.0 Å². The van der Waals surface area contributed by atoms with Gasteiger partial charge in [0.1, 0.15) is 5.82 Å². The number of hydrogen-bond donors (Lipinski definition) is 2. The number of nitrogen functional groups attached to an aromatic ring is 1. The molecule has 0 atom stereocenters. The van der Waals surface area contributed by atoms with Gasteiger partial charge in [0, 0.05) is 24.0 Å². The van der Waals surface area contributed by atoms with Crippen molar-refractivity contribution < 1.29 is 4.52 Å². The molecule has 0 fully saturated rings. The normalized spacial score (nSPS) is 10.9. The predicted molar refractivity (Wildman–Crippen MR) is 84.6 cm³/mol. The summed E-state index contributed by atoms with van der Waals surface area (Å²) in [6.45, 7) is 4.18. The van der Waals surface area contributed by atoms with Gasteiger partial charge in [0.15, 0.2) is 11.6 Å². The second kappa shape index (κ2) is 5.76. The molecule has 3 aromatic rings. The number of hydrogen-bond acceptors (Lipinski definition) is 7. The molecule has 22 heavy (non-hydrogen) atoms. The first kappa shape index (κ1) is 14.5. The number of nitrogens with two attached hydrogens (primary N) is 1. The molecule has 3 N–H and O–H groups in total. The van der Waals surface area contributed by atoms with Crippen molar-refractivity contribution in [3.05, 3.63) is 40.0 Å². The van der Waals surface area contributed by atoms with Crippen molar-refractivity contribution in [3.63, 3.8) is 0 Å². The molecule has 0 aliphatic carbocycles. The number of aromatic amines is 1. The van der Waals surface area contributed by atoms with E-state index >= 15 is 0 Å². The number of anilines is 3. The van der Waals surface area contributed by atoms with Crippen molar-refractivity contribution >= 4 is 33.5 Å². The minimum absolute atomic E-state index is 0.357. The van der Waals surface area contributed by atoms with E-state index in [1.54, 1.807) is 11.1 Å². The van der Waals surface area contributed by atoms with Crippen LogP contribution in [0.4, 0.5) is 17.6 Å². The Kier molecular flexibility index (Phi) is 3.80. The average molecular weight is 364 g/mol. The van der Waals surface area contributed by atoms with Crippen molar-refractivity contribution in [2.24, 2.45) is 0 Å². The molecule has 0 aliphatic heterocycles. The molecule has 0 bridgehead atoms. The van der Waals surface area contributed by atoms with E-state index in [0.717, 1.165) is 11.4 Å². The Hall–Kier alpha value is -2.42. The van der Waals surface area contributed by atoms with Crippen molar-refractivity contribution in [1.29, 1.82) is 0 Å². The lowest BCUT2D eigenvalue weighted by molar-refractivity contribution is 0.380. The summed E-state index contributed by atoms with van der Waals surface area (Å²) in [7, 11) is 0. The van der Waals surface area contributed by atoms with E-state index in [0.29, 0.717) is 34.4 Å². The standard InChI is InChI=1S/C13H14BrN7O/c1-7-4-11(19-18-7)21(6-9-3-8(2)20-22-9)13-16-5-10(14)12(15)17-13/h3-5H,6H2,1-2H3,(H,18,19)(H2,15,16,17). The number of rotatable bonds is 4. The molecule has 0 amide bonds. The highest BCUT2D eigenvalue weighted by molar-refractivity contribution is 9.10. The summed E-state index contributed by atoms with van der Waals surface area (Å²) in [5.74, 6) is 2.15. The summed E-state index contributed by atoms with van der Waals surface area (Å²) >= 11 is 3.29. The number of nitrogens with zero attached hydrogens (tertiary/aromatic N) is 5. The van der Waals surface area contributed by atoms with Gasteiger partial charge in [-0.2, -0.15) is 10.1 Å². The number of aromatic nitrogens is 5. The van der Waals surface area contributed by atoms with Crippen LogP contribution in [0.1, 0.15) is 17.1 Å². The molecule has 9 heteroatoms. The van der Waals surface area contributed by atoms with Crippen LogP contribution in [0.25, 0.3) is 0 Å². The topological polar surface area (TPSA) is 110 Å². The molecular weight excluding hydrogens is 350 g/mol. The zero-order valence-corrected chi connectivity index (χ0v) is 13.6. The molecule has 3 aromatic heterocycles. The van der Waals surface area contributed by atoms with Crippen molar-refractivity contribution in [3.8, 4) is 0 Å². The van der Waals surface area contributed by atoms with Gasteiger partial charge in [0.25, 0.3) is 0 Å². The zero-order valence-electron chi connectivity index (χ0n) is 12.0. The van der Waals surface area contributed by atoms with Crippen LogP contribution in [-0.4, -0.2) is 25.3 Å². The highest BCUT2D eigenvalue weighted by atomic mass is 79.9. The Morgan fingerprint density at radius 1 is 1.36 bits per heavy atom. The van der Waals surface area contributed by atoms with Gasteiger partial charge < -0.3 is 10.3 Å². The van der Waals surface area contributed by atoms with E-state index in [2.05, 4.69) is 41.3 Å². The Balaban J connectivity index is 2.00. The van der Waals surface area contributed by atoms with Gasteiger partial charge in [-0.05, 0) is 29.8 Å². The summed E-state index contributed by atoms with van der Waals surface area (Å²) in [6.07, 6.45) is 1.61. The maximum atomic E-state index is 5.85. The Bertz CT molecular complexity index is 797. The summed E-state index contributed by atoms with van der Waals surface area (Å²) < 4.78 is 5.92. The fourth-order valence-electron chi connectivity index (χ4n) is 1.94. The van der Waals surface area contributed by atoms with Crippen LogP contribution in [0.5, 0.6) is 0 Å². The number of H-pyrrole nitrogens is 1. The van der Waals surface area contributed by atoms with E-state index < -0.39 is 0 Å². The van der Waals surface area contributed by atoms with Gasteiger partial charge in [-0.1, -0.05) is 5.16 Å². The minimum Gasteiger partial charge on any atom is -0.383 e. The Labute approximate surface area is 134 Å². The smallest absolute Gasteiger partial charge is 0.233 e. The summed E-state index contributed by atoms with van der Waals surface area (Å²) in [4.78, 5) is 10.4. The maximum Gasteiger partial charge on any atom is 0.233 e. The van der Waals surface area contributed by atoms with Crippen molar-refractivity contribution in [2.45, 2.75) is 20.4 Å². The molecule has 0 aliphatic rings. The third-order valence-corrected chi connectivity index (χ3v) is 3.57. The fourth-order valence-corrected chi connectivity index (χ4v) is 2.13. The molecule has 0 saturated carbocycles. The number of halogens is 1. The van der Waals surface area contributed by atoms with Crippen LogP contribution >= 0.6 is 15.9 Å². The number of aryl methyl sites for hydroxylation is 2. The summed E-state index contributed by atoms with van der Waals surface area (Å²) in [5.41, 5.74) is 7.59. The third-order valence-electron chi connectivity index (χ3n) is 2.96. The van der Waals surface area contributed by atoms with Crippen LogP contribution in [0.3, 0.4) is 0 Å². The molecule has 114 valence electrons. The third kappa shape index (κ3) is 2.93. The zero-order chi connectivity index (χ0) is 15.7. The SMILES string of the molecule is Cc1cc(CN(c2cc(C)[nH]n2)c2ncc(Br)c(N)n2)on1. The van der Waals surface area contributed by atoms with Crippen molar-refractivity contribution in [2.75, 3.05) is 10.6 Å². The van der Waals surface area contributed by atoms with E-state index in [1.165, 1.54) is 0 Å². The van der Waals surface area contributed by atoms with Crippen LogP contribution < -0.4 is 10.6 Å². The molecule has 0 saturated heterocycles. The van der Waals surface area contributed by atoms with Crippen LogP contribution in [0.2, 0.25) is 0 Å². The largest absolute Gasteiger partial charge is 0.383 e. The van der Waals surface area contributed by atoms with E-state index in [9.17, 15) is 0 Å². The van der Waals surface area contributed by atoms with Gasteiger partial charge in [-0.3, -0.25) is 10.00 Å². The second-order valence-corrected chi connectivity index (χ2v) is 5.69. The summed E-state index contributed by atoms with van der Waals surface area (Å²) in [6, 6.07) is 3.75. The highest BCUT2D eigenvalue weighted by Crippen LogP contribution is 2.26. The van der Waals surface area contributed by atoms with Gasteiger partial charge in [-0.25, -0.2) is 4.98 Å². The molecule has 3 rings (SSSR count). The number of nitrogens with one attached hydrogen (secondary N) is 1. The maximum absolute atomic E-state index is 5.85. The van der Waals surface area contributed by atoms with Crippen LogP contribution in [0, 0.1) is 13.8 Å². The molecule has 0 spiro atoms. The molecule has 3 heterocycles. The first-order valence-corrected chi connectivity index (χ1v) is 7.32. The monoisotopic (exact) mass is 363 g/mol. The molecule has 8 nitrogen and oxygen atoms in total. The van der Waals surface area contributed by atoms with Gasteiger partial charge in [0.05, 0.1) is 16.7 Å². The Morgan fingerprint density at radius 3 is 2.77 bits per heavy atom. The predicted octanol–water partition coefficient (Wildman–Crippen LogP) is 2.49. The second-order valence-electron chi connectivity index (χ2n) is 4.83. The lowest BCUT2D eigenvalue weighted by Gasteiger charge is -2.18. The van der Waals surface area contributed by atoms with Crippen LogP contribution in [-0.2, 0) is 6.54 Å². The lowest BCUT2D eigenvalue weighted by atomic mass is 10.3. The lowest BCUT2D eigenvalue weighted by Crippen LogP contribution is -2.19. The highest BCUT2D eigenvalue weighted by Gasteiger charge is 2.18. The van der Waals surface area contributed by atoms with Gasteiger partial charge in [-0.15, -0.1) is 0 Å². The molecular formula is C13H14BrN7O. The molecule has 0 unspecified atom stereocenters. The minimum atomic E-state index is 0.357. The van der Waals surface area contributed by atoms with E-state index in [4.69, 9.17) is 10.3 Å². The molecule has 0 radical (unpaired) electrons. The molecule has 0 aromatic carbocycles. The fraction of sp³-hybridized carbons (Fsp3) is 0.231. The average Bonchev–Trinajstić information content (AvgIpc) is 3.08. The van der Waals surface area contributed by atoms with Gasteiger partial charge in [0.2, 0.25) is 5.95 Å². The van der Waals surface area contributed by atoms with E-state index in [-0.39, 0.29) is 0 Å². The Morgan fingerprint density at radius 2 is 2.18 bits per heavy atom. The first-order chi connectivity index (χ1) is 10.5.